The van der Waals surface area contributed by atoms with Crippen LogP contribution in [0.1, 0.15) is 17.7 Å². The molecule has 1 aromatic carbocycles. The summed E-state index contributed by atoms with van der Waals surface area (Å²) in [7, 11) is 2.16. The fourth-order valence-corrected chi connectivity index (χ4v) is 4.91. The van der Waals surface area contributed by atoms with E-state index in [2.05, 4.69) is 37.1 Å². The van der Waals surface area contributed by atoms with E-state index in [0.717, 1.165) is 42.2 Å². The predicted octanol–water partition coefficient (Wildman–Crippen LogP) is 2.99. The summed E-state index contributed by atoms with van der Waals surface area (Å²) in [6.07, 6.45) is 3.01. The van der Waals surface area contributed by atoms with Crippen molar-refractivity contribution in [1.82, 2.24) is 29.7 Å². The molecule has 0 amide bonds. The molecule has 0 aliphatic carbocycles. The van der Waals surface area contributed by atoms with Crippen LogP contribution in [0.4, 0.5) is 10.2 Å². The fourth-order valence-electron chi connectivity index (χ4n) is 4.91. The molecular weight excluding hydrogens is 381 g/mol. The summed E-state index contributed by atoms with van der Waals surface area (Å²) in [6.45, 7) is 5.86. The molecule has 3 aromatic heterocycles. The standard InChI is InChI=1S/C22H22FN7/c1-12-4-19(27-30-9-13(2)24-22(12)30)14-5-18(23)17-8-21(26-25-20(17)6-14)29-11-15-7-16(29)10-28(15)3/h4-6,8-9,15-16H,7,10-11H2,1-3H3/t15?,16-/m0/s1. The van der Waals surface area contributed by atoms with Crippen molar-refractivity contribution >= 4 is 22.4 Å². The number of aromatic nitrogens is 5. The Morgan fingerprint density at radius 1 is 1.03 bits per heavy atom. The van der Waals surface area contributed by atoms with Crippen molar-refractivity contribution in [2.75, 3.05) is 25.0 Å². The number of aryl methyl sites for hydroxylation is 2. The Labute approximate surface area is 173 Å². The number of nitrogens with zero attached hydrogens (tertiary/aromatic N) is 7. The molecule has 8 heteroatoms. The summed E-state index contributed by atoms with van der Waals surface area (Å²) in [5.41, 5.74) is 4.60. The summed E-state index contributed by atoms with van der Waals surface area (Å²) in [5.74, 6) is 0.459. The highest BCUT2D eigenvalue weighted by Crippen LogP contribution is 2.34. The molecule has 30 heavy (non-hydrogen) atoms. The number of imidazole rings is 1. The number of hydrogen-bond acceptors (Lipinski definition) is 6. The minimum atomic E-state index is -0.304. The lowest BCUT2D eigenvalue weighted by molar-refractivity contribution is 0.292. The van der Waals surface area contributed by atoms with Gasteiger partial charge in [-0.25, -0.2) is 13.9 Å². The summed E-state index contributed by atoms with van der Waals surface area (Å²) in [5, 5.41) is 13.9. The minimum absolute atomic E-state index is 0.304. The SMILES string of the molecule is Cc1cn2nc(-c3cc(F)c4cc(N5CC6C[C@H]5CN6C)nnc4c3)cc(C)c2n1. The van der Waals surface area contributed by atoms with Crippen molar-refractivity contribution in [3.8, 4) is 11.3 Å². The first-order valence-corrected chi connectivity index (χ1v) is 10.2. The maximum absolute atomic E-state index is 15.1. The molecule has 0 spiro atoms. The number of halogens is 1. The van der Waals surface area contributed by atoms with E-state index in [1.54, 1.807) is 4.52 Å². The third-order valence-corrected chi connectivity index (χ3v) is 6.48. The van der Waals surface area contributed by atoms with Gasteiger partial charge in [0.25, 0.3) is 0 Å². The van der Waals surface area contributed by atoms with Crippen LogP contribution in [0.2, 0.25) is 0 Å². The molecule has 4 aromatic rings. The summed E-state index contributed by atoms with van der Waals surface area (Å²) >= 11 is 0. The van der Waals surface area contributed by atoms with Crippen LogP contribution in [0.5, 0.6) is 0 Å². The van der Waals surface area contributed by atoms with Crippen LogP contribution in [0.25, 0.3) is 27.8 Å². The quantitative estimate of drug-likeness (QED) is 0.513. The number of likely N-dealkylation sites (N-methyl/N-ethyl adjacent to an activating group) is 1. The van der Waals surface area contributed by atoms with Gasteiger partial charge in [-0.2, -0.15) is 5.10 Å². The highest BCUT2D eigenvalue weighted by Gasteiger charge is 2.42. The van der Waals surface area contributed by atoms with Gasteiger partial charge in [0, 0.05) is 36.1 Å². The largest absolute Gasteiger partial charge is 0.349 e. The fraction of sp³-hybridized carbons (Fsp3) is 0.364. The maximum atomic E-state index is 15.1. The first-order valence-electron chi connectivity index (χ1n) is 10.2. The van der Waals surface area contributed by atoms with Crippen LogP contribution in [0.15, 0.2) is 30.5 Å². The molecular formula is C22H22FN7. The number of fused-ring (bicyclic) bond motifs is 4. The zero-order valence-electron chi connectivity index (χ0n) is 17.2. The Morgan fingerprint density at radius 2 is 1.90 bits per heavy atom. The number of piperazine rings is 1. The van der Waals surface area contributed by atoms with Gasteiger partial charge in [-0.15, -0.1) is 10.2 Å². The monoisotopic (exact) mass is 403 g/mol. The molecule has 2 atom stereocenters. The van der Waals surface area contributed by atoms with Crippen molar-refractivity contribution in [2.24, 2.45) is 0 Å². The van der Waals surface area contributed by atoms with Crippen molar-refractivity contribution in [3.05, 3.63) is 47.5 Å². The average Bonchev–Trinajstić information content (AvgIpc) is 3.40. The molecule has 5 heterocycles. The van der Waals surface area contributed by atoms with E-state index in [-0.39, 0.29) is 5.82 Å². The first-order chi connectivity index (χ1) is 14.5. The van der Waals surface area contributed by atoms with Gasteiger partial charge in [0.1, 0.15) is 5.82 Å². The summed E-state index contributed by atoms with van der Waals surface area (Å²) < 4.78 is 16.9. The Morgan fingerprint density at radius 3 is 2.67 bits per heavy atom. The van der Waals surface area contributed by atoms with Gasteiger partial charge in [0.15, 0.2) is 11.5 Å². The topological polar surface area (TPSA) is 62.5 Å². The second-order valence-electron chi connectivity index (χ2n) is 8.59. The van der Waals surface area contributed by atoms with E-state index < -0.39 is 0 Å². The van der Waals surface area contributed by atoms with Gasteiger partial charge in [0.05, 0.1) is 23.1 Å². The highest BCUT2D eigenvalue weighted by atomic mass is 19.1. The second-order valence-corrected chi connectivity index (χ2v) is 8.59. The van der Waals surface area contributed by atoms with Crippen LogP contribution in [-0.4, -0.2) is 61.9 Å². The van der Waals surface area contributed by atoms with Crippen LogP contribution < -0.4 is 4.90 Å². The molecule has 2 aliphatic rings. The zero-order valence-corrected chi connectivity index (χ0v) is 17.2. The van der Waals surface area contributed by atoms with Crippen molar-refractivity contribution in [2.45, 2.75) is 32.4 Å². The molecule has 0 saturated carbocycles. The minimum Gasteiger partial charge on any atom is -0.349 e. The number of anilines is 1. The molecule has 0 N–H and O–H groups in total. The van der Waals surface area contributed by atoms with Gasteiger partial charge in [-0.3, -0.25) is 4.90 Å². The van der Waals surface area contributed by atoms with Crippen LogP contribution in [0.3, 0.4) is 0 Å². The maximum Gasteiger partial charge on any atom is 0.156 e. The van der Waals surface area contributed by atoms with Crippen LogP contribution in [0, 0.1) is 19.7 Å². The van der Waals surface area contributed by atoms with Crippen LogP contribution in [-0.2, 0) is 0 Å². The Bertz CT molecular complexity index is 1310. The van der Waals surface area contributed by atoms with Crippen molar-refractivity contribution in [1.29, 1.82) is 0 Å². The van der Waals surface area contributed by atoms with Gasteiger partial charge in [-0.05, 0) is 57.1 Å². The van der Waals surface area contributed by atoms with E-state index in [9.17, 15) is 0 Å². The molecule has 2 bridgehead atoms. The number of likely N-dealkylation sites (tertiary alicyclic amines) is 1. The number of hydrogen-bond donors (Lipinski definition) is 0. The van der Waals surface area contributed by atoms with Crippen LogP contribution >= 0.6 is 0 Å². The number of rotatable bonds is 2. The predicted molar refractivity (Wildman–Crippen MR) is 113 cm³/mol. The molecule has 2 saturated heterocycles. The first kappa shape index (κ1) is 17.7. The summed E-state index contributed by atoms with van der Waals surface area (Å²) in [4.78, 5) is 9.13. The highest BCUT2D eigenvalue weighted by molar-refractivity contribution is 5.86. The molecule has 152 valence electrons. The lowest BCUT2D eigenvalue weighted by Gasteiger charge is -2.32. The lowest BCUT2D eigenvalue weighted by atomic mass is 10.1. The van der Waals surface area contributed by atoms with E-state index in [1.807, 2.05) is 38.2 Å². The normalized spacial score (nSPS) is 21.4. The van der Waals surface area contributed by atoms with E-state index in [1.165, 1.54) is 6.07 Å². The van der Waals surface area contributed by atoms with E-state index >= 15 is 4.39 Å². The van der Waals surface area contributed by atoms with Gasteiger partial charge in [0.2, 0.25) is 0 Å². The molecule has 2 aliphatic heterocycles. The Balaban J connectivity index is 1.41. The second kappa shape index (κ2) is 6.18. The molecule has 6 rings (SSSR count). The lowest BCUT2D eigenvalue weighted by Crippen LogP contribution is -2.44. The third-order valence-electron chi connectivity index (χ3n) is 6.48. The third kappa shape index (κ3) is 2.60. The number of benzene rings is 1. The molecule has 0 radical (unpaired) electrons. The van der Waals surface area contributed by atoms with Gasteiger partial charge >= 0.3 is 0 Å². The van der Waals surface area contributed by atoms with Crippen molar-refractivity contribution in [3.63, 3.8) is 0 Å². The smallest absolute Gasteiger partial charge is 0.156 e. The Hall–Kier alpha value is -3.13. The van der Waals surface area contributed by atoms with E-state index in [4.69, 9.17) is 0 Å². The Kier molecular flexibility index (Phi) is 3.65. The van der Waals surface area contributed by atoms with E-state index in [0.29, 0.717) is 34.2 Å². The summed E-state index contributed by atoms with van der Waals surface area (Å²) in [6, 6.07) is 8.15. The molecule has 7 nitrogen and oxygen atoms in total. The zero-order chi connectivity index (χ0) is 20.6. The van der Waals surface area contributed by atoms with Gasteiger partial charge in [-0.1, -0.05) is 0 Å². The average molecular weight is 403 g/mol. The molecule has 2 fully saturated rings. The van der Waals surface area contributed by atoms with Gasteiger partial charge < -0.3 is 4.90 Å². The van der Waals surface area contributed by atoms with Crippen molar-refractivity contribution < 1.29 is 4.39 Å². The molecule has 1 unspecified atom stereocenters.